The summed E-state index contributed by atoms with van der Waals surface area (Å²) in [5, 5.41) is 14.8. The Morgan fingerprint density at radius 3 is 2.47 bits per heavy atom. The zero-order valence-electron chi connectivity index (χ0n) is 24.8. The summed E-state index contributed by atoms with van der Waals surface area (Å²) in [7, 11) is 0. The van der Waals surface area contributed by atoms with Gasteiger partial charge in [-0.1, -0.05) is 34.6 Å². The average molecular weight is 608 g/mol. The number of ether oxygens (including phenoxy) is 1. The van der Waals surface area contributed by atoms with Crippen molar-refractivity contribution in [3.63, 3.8) is 0 Å². The van der Waals surface area contributed by atoms with Gasteiger partial charge in [-0.2, -0.15) is 18.4 Å². The van der Waals surface area contributed by atoms with Gasteiger partial charge in [-0.15, -0.1) is 0 Å². The van der Waals surface area contributed by atoms with Crippen molar-refractivity contribution in [1.82, 2.24) is 20.5 Å². The molecule has 5 rings (SSSR count). The van der Waals surface area contributed by atoms with Crippen LogP contribution in [0.1, 0.15) is 71.0 Å². The minimum absolute atomic E-state index is 0.0460. The van der Waals surface area contributed by atoms with Crippen LogP contribution in [0.25, 0.3) is 0 Å². The maximum atomic E-state index is 15.0. The first-order valence-corrected chi connectivity index (χ1v) is 14.6. The maximum Gasteiger partial charge on any atom is 0.471 e. The molecule has 8 atom stereocenters. The number of nitrogens with zero attached hydrogens (tertiary/aromatic N) is 3. The molecule has 3 fully saturated rings. The van der Waals surface area contributed by atoms with Gasteiger partial charge >= 0.3 is 12.1 Å². The summed E-state index contributed by atoms with van der Waals surface area (Å²) in [6, 6.07) is -1.91. The van der Waals surface area contributed by atoms with Crippen LogP contribution in [0.3, 0.4) is 0 Å². The lowest BCUT2D eigenvalue weighted by Crippen LogP contribution is -2.60. The van der Waals surface area contributed by atoms with Crippen molar-refractivity contribution in [2.75, 3.05) is 13.2 Å². The molecule has 2 aliphatic carbocycles. The lowest BCUT2D eigenvalue weighted by atomic mass is 9.76. The highest BCUT2D eigenvalue weighted by Gasteiger charge is 2.63. The van der Waals surface area contributed by atoms with E-state index in [1.54, 1.807) is 6.20 Å². The van der Waals surface area contributed by atoms with Crippen molar-refractivity contribution in [3.05, 3.63) is 23.5 Å². The maximum absolute atomic E-state index is 15.0. The molecule has 3 amide bonds. The molecule has 1 unspecified atom stereocenters. The summed E-state index contributed by atoms with van der Waals surface area (Å²) in [5.74, 6) is -4.69. The van der Waals surface area contributed by atoms with Crippen LogP contribution in [0.2, 0.25) is 0 Å². The summed E-state index contributed by atoms with van der Waals surface area (Å²) in [6.45, 7) is 9.04. The second-order valence-corrected chi connectivity index (χ2v) is 14.0. The Labute approximate surface area is 247 Å². The molecule has 0 aromatic carbocycles. The van der Waals surface area contributed by atoms with Crippen molar-refractivity contribution in [2.45, 2.75) is 89.8 Å². The summed E-state index contributed by atoms with van der Waals surface area (Å²) < 4.78 is 60.5. The third-order valence-electron chi connectivity index (χ3n) is 9.80. The molecule has 0 spiro atoms. The SMILES string of the molecule is CC1(C)CCOc2cncc(C(C#N)NC(=O)[C@@H]3[C@@H]4[C@H](CN3C(=O)[C@@H](NC(=O)C(F)(F)F)C(C)(C)C)[C@H]3C[C@@H]4[C@H](F)C3)c21. The monoisotopic (exact) mass is 607 g/mol. The predicted molar refractivity (Wildman–Crippen MR) is 145 cm³/mol. The number of amides is 3. The molecule has 234 valence electrons. The number of hydrogen-bond donors (Lipinski definition) is 2. The van der Waals surface area contributed by atoms with Gasteiger partial charge in [0, 0.05) is 23.9 Å². The molecule has 1 saturated heterocycles. The molecule has 2 saturated carbocycles. The van der Waals surface area contributed by atoms with E-state index in [1.807, 2.05) is 19.2 Å². The Morgan fingerprint density at radius 2 is 1.84 bits per heavy atom. The first-order chi connectivity index (χ1) is 20.0. The summed E-state index contributed by atoms with van der Waals surface area (Å²) in [4.78, 5) is 45.4. The summed E-state index contributed by atoms with van der Waals surface area (Å²) in [5.41, 5.74) is -0.376. The first kappa shape index (κ1) is 31.0. The molecule has 13 heteroatoms. The fourth-order valence-electron chi connectivity index (χ4n) is 7.75. The number of likely N-dealkylation sites (tertiary alicyclic amines) is 1. The van der Waals surface area contributed by atoms with Crippen molar-refractivity contribution in [3.8, 4) is 11.8 Å². The van der Waals surface area contributed by atoms with E-state index in [1.165, 1.54) is 31.9 Å². The van der Waals surface area contributed by atoms with Gasteiger partial charge in [-0.3, -0.25) is 19.4 Å². The average Bonchev–Trinajstić information content (AvgIpc) is 3.58. The molecule has 2 aliphatic heterocycles. The van der Waals surface area contributed by atoms with Crippen LogP contribution in [-0.2, 0) is 19.8 Å². The normalized spacial score (nSPS) is 30.4. The van der Waals surface area contributed by atoms with Crippen molar-refractivity contribution in [1.29, 1.82) is 5.26 Å². The van der Waals surface area contributed by atoms with Gasteiger partial charge in [0.2, 0.25) is 11.8 Å². The van der Waals surface area contributed by atoms with Gasteiger partial charge in [0.05, 0.1) is 18.9 Å². The highest BCUT2D eigenvalue weighted by atomic mass is 19.4. The van der Waals surface area contributed by atoms with Crippen molar-refractivity contribution >= 4 is 17.7 Å². The Kier molecular flexibility index (Phi) is 7.66. The fraction of sp³-hybridized carbons (Fsp3) is 0.700. The highest BCUT2D eigenvalue weighted by molar-refractivity contribution is 5.94. The quantitative estimate of drug-likeness (QED) is 0.492. The van der Waals surface area contributed by atoms with Crippen LogP contribution in [0.15, 0.2) is 12.4 Å². The summed E-state index contributed by atoms with van der Waals surface area (Å²) in [6.07, 6.45) is -1.83. The van der Waals surface area contributed by atoms with Gasteiger partial charge in [0.15, 0.2) is 0 Å². The highest BCUT2D eigenvalue weighted by Crippen LogP contribution is 2.58. The standard InChI is InChI=1S/C30H37F4N5O4/c1-28(2,3)24(38-27(42)30(32,33)34)26(41)39-13-17-14-8-15(18(31)9-14)21(17)23(39)25(40)37-19(10-35)16-11-36-12-20-22(16)29(4,5)6-7-43-20/h11-12,14-15,17-19,21,23-24H,6-9,13H2,1-5H3,(H,37,40)(H,38,42)/t14-,15+,17+,18+,19?,21-,23-,24+/m0/s1. The Morgan fingerprint density at radius 1 is 1.14 bits per heavy atom. The van der Waals surface area contributed by atoms with E-state index < -0.39 is 70.9 Å². The molecular formula is C30H37F4N5O4. The van der Waals surface area contributed by atoms with Crippen LogP contribution in [-0.4, -0.2) is 65.2 Å². The molecule has 43 heavy (non-hydrogen) atoms. The van der Waals surface area contributed by atoms with Crippen LogP contribution >= 0.6 is 0 Å². The lowest BCUT2D eigenvalue weighted by Gasteiger charge is -2.37. The third-order valence-corrected chi connectivity index (χ3v) is 9.80. The predicted octanol–water partition coefficient (Wildman–Crippen LogP) is 3.74. The van der Waals surface area contributed by atoms with E-state index in [0.717, 1.165) is 5.56 Å². The minimum Gasteiger partial charge on any atom is -0.492 e. The Balaban J connectivity index is 1.49. The van der Waals surface area contributed by atoms with E-state index in [2.05, 4.69) is 16.4 Å². The smallest absolute Gasteiger partial charge is 0.471 e. The second-order valence-electron chi connectivity index (χ2n) is 14.0. The topological polar surface area (TPSA) is 124 Å². The Bertz CT molecular complexity index is 1350. The number of rotatable bonds is 5. The Hall–Kier alpha value is -3.43. The number of alkyl halides is 4. The molecule has 1 aromatic heterocycles. The number of carbonyl (C=O) groups excluding carboxylic acids is 3. The largest absolute Gasteiger partial charge is 0.492 e. The van der Waals surface area contributed by atoms with E-state index in [0.29, 0.717) is 37.2 Å². The van der Waals surface area contributed by atoms with Gasteiger partial charge in [-0.05, 0) is 53.8 Å². The molecule has 1 aromatic rings. The van der Waals surface area contributed by atoms with Crippen LogP contribution in [0.5, 0.6) is 5.75 Å². The zero-order valence-corrected chi connectivity index (χ0v) is 24.8. The third kappa shape index (κ3) is 5.42. The van der Waals surface area contributed by atoms with Gasteiger partial charge in [0.25, 0.3) is 0 Å². The number of nitriles is 1. The molecular weight excluding hydrogens is 570 g/mol. The molecule has 3 heterocycles. The second kappa shape index (κ2) is 10.6. The molecule has 0 radical (unpaired) electrons. The molecule has 9 nitrogen and oxygen atoms in total. The number of pyridine rings is 1. The van der Waals surface area contributed by atoms with E-state index >= 15 is 4.39 Å². The van der Waals surface area contributed by atoms with Crippen LogP contribution in [0.4, 0.5) is 17.6 Å². The zero-order chi connectivity index (χ0) is 31.6. The van der Waals surface area contributed by atoms with Crippen LogP contribution < -0.4 is 15.4 Å². The van der Waals surface area contributed by atoms with Crippen LogP contribution in [0, 0.1) is 40.4 Å². The van der Waals surface area contributed by atoms with Gasteiger partial charge in [0.1, 0.15) is 30.0 Å². The van der Waals surface area contributed by atoms with Gasteiger partial charge < -0.3 is 20.3 Å². The number of carbonyl (C=O) groups is 3. The van der Waals surface area contributed by atoms with E-state index in [4.69, 9.17) is 4.74 Å². The first-order valence-electron chi connectivity index (χ1n) is 14.6. The number of hydrogen-bond acceptors (Lipinski definition) is 6. The van der Waals surface area contributed by atoms with Crippen molar-refractivity contribution < 1.29 is 36.7 Å². The minimum atomic E-state index is -5.22. The van der Waals surface area contributed by atoms with E-state index in [9.17, 15) is 32.8 Å². The number of aromatic nitrogens is 1. The number of fused-ring (bicyclic) bond motifs is 6. The van der Waals surface area contributed by atoms with E-state index in [-0.39, 0.29) is 18.4 Å². The van der Waals surface area contributed by atoms with Gasteiger partial charge in [-0.25, -0.2) is 4.39 Å². The molecule has 2 N–H and O–H groups in total. The molecule has 2 bridgehead atoms. The summed E-state index contributed by atoms with van der Waals surface area (Å²) >= 11 is 0. The molecule has 4 aliphatic rings. The number of nitrogens with one attached hydrogen (secondary N) is 2. The fourth-order valence-corrected chi connectivity index (χ4v) is 7.75. The number of halogens is 4. The van der Waals surface area contributed by atoms with Crippen molar-refractivity contribution in [2.24, 2.45) is 29.1 Å². The lowest BCUT2D eigenvalue weighted by molar-refractivity contribution is -0.176.